The van der Waals surface area contributed by atoms with Crippen LogP contribution in [0.1, 0.15) is 15.9 Å². The van der Waals surface area contributed by atoms with E-state index in [0.717, 1.165) is 22.1 Å². The molecular weight excluding hydrogens is 300 g/mol. The Morgan fingerprint density at radius 3 is 2.50 bits per heavy atom. The summed E-state index contributed by atoms with van der Waals surface area (Å²) in [6.07, 6.45) is 1.55. The van der Waals surface area contributed by atoms with Gasteiger partial charge in [0.1, 0.15) is 19.0 Å². The van der Waals surface area contributed by atoms with Crippen molar-refractivity contribution in [3.05, 3.63) is 90.5 Å². The van der Waals surface area contributed by atoms with Crippen LogP contribution in [0.15, 0.2) is 79.4 Å². The predicted molar refractivity (Wildman–Crippen MR) is 95.2 cm³/mol. The minimum Gasteiger partial charge on any atom is -0.489 e. The summed E-state index contributed by atoms with van der Waals surface area (Å²) < 4.78 is 10.9. The molecule has 3 aromatic rings. The molecule has 0 N–H and O–H groups in total. The molecule has 0 saturated heterocycles. The lowest BCUT2D eigenvalue weighted by Gasteiger charge is -2.08. The SMILES string of the molecule is C=CCOC(=O)c1ccc2cc(OCc3ccccc3)ccc2c1. The van der Waals surface area contributed by atoms with Crippen LogP contribution in [-0.2, 0) is 11.3 Å². The zero-order valence-electron chi connectivity index (χ0n) is 13.3. The number of esters is 1. The highest BCUT2D eigenvalue weighted by Crippen LogP contribution is 2.23. The van der Waals surface area contributed by atoms with Crippen LogP contribution in [0.2, 0.25) is 0 Å². The monoisotopic (exact) mass is 318 g/mol. The van der Waals surface area contributed by atoms with Gasteiger partial charge in [-0.25, -0.2) is 4.79 Å². The Balaban J connectivity index is 1.74. The zero-order valence-corrected chi connectivity index (χ0v) is 13.3. The van der Waals surface area contributed by atoms with E-state index in [0.29, 0.717) is 12.2 Å². The second-order valence-electron chi connectivity index (χ2n) is 5.39. The van der Waals surface area contributed by atoms with Gasteiger partial charge in [0.2, 0.25) is 0 Å². The quantitative estimate of drug-likeness (QED) is 0.485. The maximum absolute atomic E-state index is 11.9. The van der Waals surface area contributed by atoms with Gasteiger partial charge in [0.05, 0.1) is 5.56 Å². The standard InChI is InChI=1S/C21H18O3/c1-2-12-23-21(22)19-9-8-18-14-20(11-10-17(18)13-19)24-15-16-6-4-3-5-7-16/h2-11,13-14H,1,12,15H2. The van der Waals surface area contributed by atoms with Crippen molar-refractivity contribution in [3.63, 3.8) is 0 Å². The van der Waals surface area contributed by atoms with Gasteiger partial charge in [0.15, 0.2) is 0 Å². The van der Waals surface area contributed by atoms with E-state index in [9.17, 15) is 4.79 Å². The fourth-order valence-electron chi connectivity index (χ4n) is 2.40. The Morgan fingerprint density at radius 2 is 1.71 bits per heavy atom. The number of ether oxygens (including phenoxy) is 2. The normalized spacial score (nSPS) is 10.3. The van der Waals surface area contributed by atoms with Crippen molar-refractivity contribution in [3.8, 4) is 5.75 Å². The van der Waals surface area contributed by atoms with E-state index >= 15 is 0 Å². The number of rotatable bonds is 6. The van der Waals surface area contributed by atoms with E-state index in [1.54, 1.807) is 12.1 Å². The number of fused-ring (bicyclic) bond motifs is 1. The summed E-state index contributed by atoms with van der Waals surface area (Å²) in [6, 6.07) is 21.3. The molecule has 0 fully saturated rings. The molecular formula is C21H18O3. The van der Waals surface area contributed by atoms with Gasteiger partial charge in [-0.2, -0.15) is 0 Å². The highest BCUT2D eigenvalue weighted by atomic mass is 16.5. The molecule has 0 radical (unpaired) electrons. The Kier molecular flexibility index (Phi) is 4.92. The van der Waals surface area contributed by atoms with Gasteiger partial charge in [0, 0.05) is 0 Å². The van der Waals surface area contributed by atoms with Gasteiger partial charge in [0.25, 0.3) is 0 Å². The van der Waals surface area contributed by atoms with Gasteiger partial charge in [-0.3, -0.25) is 0 Å². The summed E-state index contributed by atoms with van der Waals surface area (Å²) in [4.78, 5) is 11.9. The Hall–Kier alpha value is -3.07. The van der Waals surface area contributed by atoms with E-state index < -0.39 is 0 Å². The molecule has 24 heavy (non-hydrogen) atoms. The molecule has 3 heteroatoms. The van der Waals surface area contributed by atoms with Crippen molar-refractivity contribution in [1.82, 2.24) is 0 Å². The summed E-state index contributed by atoms with van der Waals surface area (Å²) in [5.41, 5.74) is 1.65. The molecule has 0 aliphatic carbocycles. The first-order valence-corrected chi connectivity index (χ1v) is 7.75. The van der Waals surface area contributed by atoms with Crippen molar-refractivity contribution < 1.29 is 14.3 Å². The molecule has 3 aromatic carbocycles. The smallest absolute Gasteiger partial charge is 0.338 e. The fourth-order valence-corrected chi connectivity index (χ4v) is 2.40. The van der Waals surface area contributed by atoms with Crippen molar-refractivity contribution in [2.24, 2.45) is 0 Å². The highest BCUT2D eigenvalue weighted by Gasteiger charge is 2.07. The molecule has 0 aromatic heterocycles. The van der Waals surface area contributed by atoms with Crippen LogP contribution in [0.5, 0.6) is 5.75 Å². The van der Waals surface area contributed by atoms with E-state index in [1.165, 1.54) is 0 Å². The highest BCUT2D eigenvalue weighted by molar-refractivity contribution is 5.95. The lowest BCUT2D eigenvalue weighted by Crippen LogP contribution is -2.04. The average molecular weight is 318 g/mol. The molecule has 3 nitrogen and oxygen atoms in total. The van der Waals surface area contributed by atoms with Crippen LogP contribution in [0, 0.1) is 0 Å². The van der Waals surface area contributed by atoms with Crippen molar-refractivity contribution in [2.45, 2.75) is 6.61 Å². The second kappa shape index (κ2) is 7.47. The fraction of sp³-hybridized carbons (Fsp3) is 0.0952. The number of hydrogen-bond donors (Lipinski definition) is 0. The summed E-state index contributed by atoms with van der Waals surface area (Å²) in [6.45, 7) is 4.27. The summed E-state index contributed by atoms with van der Waals surface area (Å²) in [5, 5.41) is 1.98. The van der Waals surface area contributed by atoms with Crippen LogP contribution in [0.3, 0.4) is 0 Å². The molecule has 0 heterocycles. The first kappa shape index (κ1) is 15.8. The summed E-state index contributed by atoms with van der Waals surface area (Å²) in [7, 11) is 0. The summed E-state index contributed by atoms with van der Waals surface area (Å²) in [5.74, 6) is 0.453. The van der Waals surface area contributed by atoms with E-state index in [-0.39, 0.29) is 12.6 Å². The van der Waals surface area contributed by atoms with Crippen LogP contribution in [-0.4, -0.2) is 12.6 Å². The number of benzene rings is 3. The topological polar surface area (TPSA) is 35.5 Å². The van der Waals surface area contributed by atoms with Crippen LogP contribution < -0.4 is 4.74 Å². The van der Waals surface area contributed by atoms with Crippen LogP contribution in [0.4, 0.5) is 0 Å². The molecule has 120 valence electrons. The number of carbonyl (C=O) groups excluding carboxylic acids is 1. The van der Waals surface area contributed by atoms with Crippen LogP contribution >= 0.6 is 0 Å². The third kappa shape index (κ3) is 3.82. The Morgan fingerprint density at radius 1 is 0.958 bits per heavy atom. The van der Waals surface area contributed by atoms with Gasteiger partial charge < -0.3 is 9.47 Å². The molecule has 3 rings (SSSR count). The Bertz CT molecular complexity index is 853. The van der Waals surface area contributed by atoms with Crippen LogP contribution in [0.25, 0.3) is 10.8 Å². The molecule has 0 aliphatic rings. The largest absolute Gasteiger partial charge is 0.489 e. The lowest BCUT2D eigenvalue weighted by atomic mass is 10.1. The maximum atomic E-state index is 11.9. The molecule has 0 atom stereocenters. The third-order valence-corrected chi connectivity index (χ3v) is 3.63. The number of carbonyl (C=O) groups is 1. The first-order valence-electron chi connectivity index (χ1n) is 7.75. The number of hydrogen-bond acceptors (Lipinski definition) is 3. The van der Waals surface area contributed by atoms with Crippen molar-refractivity contribution in [1.29, 1.82) is 0 Å². The molecule has 0 spiro atoms. The van der Waals surface area contributed by atoms with Gasteiger partial charge in [-0.05, 0) is 40.6 Å². The Labute approximate surface area is 141 Å². The molecule has 0 unspecified atom stereocenters. The lowest BCUT2D eigenvalue weighted by molar-refractivity contribution is 0.0550. The molecule has 0 bridgehead atoms. The van der Waals surface area contributed by atoms with Crippen molar-refractivity contribution in [2.75, 3.05) is 6.61 Å². The van der Waals surface area contributed by atoms with Gasteiger partial charge in [-0.1, -0.05) is 55.1 Å². The average Bonchev–Trinajstić information content (AvgIpc) is 2.64. The van der Waals surface area contributed by atoms with E-state index in [2.05, 4.69) is 6.58 Å². The predicted octanol–water partition coefficient (Wildman–Crippen LogP) is 4.76. The van der Waals surface area contributed by atoms with Gasteiger partial charge in [-0.15, -0.1) is 0 Å². The maximum Gasteiger partial charge on any atom is 0.338 e. The minimum atomic E-state index is -0.346. The second-order valence-corrected chi connectivity index (χ2v) is 5.39. The summed E-state index contributed by atoms with van der Waals surface area (Å²) >= 11 is 0. The minimum absolute atomic E-state index is 0.211. The van der Waals surface area contributed by atoms with Crippen molar-refractivity contribution >= 4 is 16.7 Å². The van der Waals surface area contributed by atoms with Gasteiger partial charge >= 0.3 is 5.97 Å². The van der Waals surface area contributed by atoms with E-state index in [4.69, 9.17) is 9.47 Å². The zero-order chi connectivity index (χ0) is 16.8. The molecule has 0 amide bonds. The molecule has 0 aliphatic heterocycles. The molecule has 0 saturated carbocycles. The third-order valence-electron chi connectivity index (χ3n) is 3.63. The van der Waals surface area contributed by atoms with E-state index in [1.807, 2.05) is 60.7 Å². The first-order chi connectivity index (χ1) is 11.8.